The molecule has 1 heterocycles. The molecule has 8 heavy (non-hydrogen) atoms. The zero-order chi connectivity index (χ0) is 6.69. The first-order chi connectivity index (χ1) is 4.33. The Kier molecular flexibility index (Phi) is 1.82. The topological polar surface area (TPSA) is 15.3 Å². The molecule has 0 aromatic heterocycles. The van der Waals surface area contributed by atoms with Gasteiger partial charge in [-0.1, -0.05) is 6.92 Å². The molecule has 1 aliphatic rings. The number of hydrogen-bond acceptors (Lipinski definition) is 2. The third-order valence-corrected chi connectivity index (χ3v) is 1.60. The molecular formula is C6H14N2. The number of hydrogen-bond donors (Lipinski definition) is 1. The summed E-state index contributed by atoms with van der Waals surface area (Å²) in [6.45, 7) is 7.26. The molecule has 0 aliphatic carbocycles. The molecule has 2 nitrogen and oxygen atoms in total. The van der Waals surface area contributed by atoms with Crippen molar-refractivity contribution in [1.82, 2.24) is 10.2 Å². The quantitative estimate of drug-likeness (QED) is 0.514. The van der Waals surface area contributed by atoms with Gasteiger partial charge in [-0.25, -0.2) is 0 Å². The third kappa shape index (κ3) is 1.46. The molecule has 0 saturated carbocycles. The highest BCUT2D eigenvalue weighted by Crippen LogP contribution is 1.88. The Morgan fingerprint density at radius 1 is 1.62 bits per heavy atom. The molecule has 1 saturated heterocycles. The zero-order valence-corrected chi connectivity index (χ0v) is 5.43. The van der Waals surface area contributed by atoms with Crippen molar-refractivity contribution in [1.29, 1.82) is 0 Å². The molecule has 0 unspecified atom stereocenters. The van der Waals surface area contributed by atoms with Gasteiger partial charge in [0.05, 0.1) is 0 Å². The fraction of sp³-hybridized carbons (Fsp3) is 1.00. The number of likely N-dealkylation sites (N-methyl/N-ethyl adjacent to an activating group) is 1. The minimum Gasteiger partial charge on any atom is -0.314 e. The molecular weight excluding hydrogens is 100 g/mol. The van der Waals surface area contributed by atoms with Crippen LogP contribution in [0.25, 0.3) is 0 Å². The Balaban J connectivity index is 2.18. The van der Waals surface area contributed by atoms with Crippen LogP contribution >= 0.6 is 0 Å². The van der Waals surface area contributed by atoms with E-state index in [0.717, 1.165) is 32.7 Å². The van der Waals surface area contributed by atoms with Crippen LogP contribution in [0.1, 0.15) is 6.92 Å². The third-order valence-electron chi connectivity index (χ3n) is 1.60. The Bertz CT molecular complexity index is 79.1. The first-order valence-electron chi connectivity index (χ1n) is 3.74. The van der Waals surface area contributed by atoms with E-state index in [4.69, 9.17) is 1.41 Å². The van der Waals surface area contributed by atoms with E-state index in [1.54, 1.807) is 5.31 Å². The molecule has 0 amide bonds. The normalized spacial score (nSPS) is 27.9. The van der Waals surface area contributed by atoms with Crippen LogP contribution in [-0.4, -0.2) is 37.6 Å². The summed E-state index contributed by atoms with van der Waals surface area (Å²) in [6, 6.07) is 0. The summed E-state index contributed by atoms with van der Waals surface area (Å²) < 4.78 is 7.24. The van der Waals surface area contributed by atoms with Crippen molar-refractivity contribution in [2.24, 2.45) is 0 Å². The van der Waals surface area contributed by atoms with Gasteiger partial charge in [0.2, 0.25) is 0 Å². The van der Waals surface area contributed by atoms with Crippen LogP contribution in [0, 0.1) is 0 Å². The van der Waals surface area contributed by atoms with E-state index in [2.05, 4.69) is 11.8 Å². The highest BCUT2D eigenvalue weighted by molar-refractivity contribution is 4.64. The smallest absolute Gasteiger partial charge is 0.122 e. The maximum Gasteiger partial charge on any atom is 0.122 e. The fourth-order valence-corrected chi connectivity index (χ4v) is 0.964. The number of rotatable bonds is 1. The van der Waals surface area contributed by atoms with Crippen LogP contribution in [-0.2, 0) is 0 Å². The van der Waals surface area contributed by atoms with Crippen molar-refractivity contribution < 1.29 is 1.41 Å². The molecule has 0 atom stereocenters. The SMILES string of the molecule is [2H]N1CCN(CC)CC1. The Morgan fingerprint density at radius 2 is 2.25 bits per heavy atom. The monoisotopic (exact) mass is 115 g/mol. The predicted octanol–water partition coefficient (Wildman–Crippen LogP) is -0.0885. The van der Waals surface area contributed by atoms with Gasteiger partial charge in [0.25, 0.3) is 0 Å². The summed E-state index contributed by atoms with van der Waals surface area (Å²) in [5.41, 5.74) is 0. The Hall–Kier alpha value is -0.0800. The highest BCUT2D eigenvalue weighted by atomic mass is 15.2. The average Bonchev–Trinajstić information content (AvgIpc) is 1.90. The zero-order valence-electron chi connectivity index (χ0n) is 6.43. The summed E-state index contributed by atoms with van der Waals surface area (Å²) in [4.78, 5) is 2.37. The average molecular weight is 115 g/mol. The lowest BCUT2D eigenvalue weighted by Crippen LogP contribution is -2.43. The van der Waals surface area contributed by atoms with Gasteiger partial charge in [0.15, 0.2) is 0 Å². The Morgan fingerprint density at radius 3 is 2.75 bits per heavy atom. The van der Waals surface area contributed by atoms with E-state index in [-0.39, 0.29) is 0 Å². The molecule has 0 spiro atoms. The molecule has 0 radical (unpaired) electrons. The van der Waals surface area contributed by atoms with Crippen molar-refractivity contribution in [2.45, 2.75) is 6.92 Å². The molecule has 1 N–H and O–H groups in total. The number of nitrogens with zero attached hydrogens (tertiary/aromatic N) is 1. The predicted molar refractivity (Wildman–Crippen MR) is 35.0 cm³/mol. The lowest BCUT2D eigenvalue weighted by atomic mass is 10.4. The van der Waals surface area contributed by atoms with Crippen molar-refractivity contribution in [3.05, 3.63) is 0 Å². The van der Waals surface area contributed by atoms with Crippen molar-refractivity contribution in [3.8, 4) is 0 Å². The minimum absolute atomic E-state index is 0.911. The van der Waals surface area contributed by atoms with E-state index >= 15 is 0 Å². The second kappa shape index (κ2) is 3.05. The van der Waals surface area contributed by atoms with E-state index in [1.807, 2.05) is 0 Å². The standard InChI is InChI=1S/C6H14N2/c1-2-8-5-3-7-4-6-8/h7H,2-6H2,1H3/i/hD. The van der Waals surface area contributed by atoms with Gasteiger partial charge in [-0.3, -0.25) is 0 Å². The number of nitrogens with one attached hydrogen (secondary N) is 1. The van der Waals surface area contributed by atoms with E-state index in [9.17, 15) is 0 Å². The maximum atomic E-state index is 7.24. The van der Waals surface area contributed by atoms with Gasteiger partial charge in [0, 0.05) is 26.2 Å². The fourth-order valence-electron chi connectivity index (χ4n) is 0.964. The number of piperazine rings is 1. The van der Waals surface area contributed by atoms with E-state index in [0.29, 0.717) is 0 Å². The van der Waals surface area contributed by atoms with Crippen LogP contribution in [0.2, 0.25) is 1.41 Å². The van der Waals surface area contributed by atoms with Gasteiger partial charge < -0.3 is 10.2 Å². The summed E-state index contributed by atoms with van der Waals surface area (Å²) in [5, 5.41) is 1.63. The van der Waals surface area contributed by atoms with Crippen LogP contribution in [0.5, 0.6) is 0 Å². The van der Waals surface area contributed by atoms with Crippen LogP contribution in [0.3, 0.4) is 0 Å². The van der Waals surface area contributed by atoms with Gasteiger partial charge in [-0.2, -0.15) is 0 Å². The van der Waals surface area contributed by atoms with Crippen molar-refractivity contribution >= 4 is 0 Å². The molecule has 0 bridgehead atoms. The second-order valence-electron chi connectivity index (χ2n) is 2.11. The first kappa shape index (κ1) is 4.77. The lowest BCUT2D eigenvalue weighted by Gasteiger charge is -2.25. The van der Waals surface area contributed by atoms with Gasteiger partial charge in [0.1, 0.15) is 1.41 Å². The molecule has 2 heteroatoms. The summed E-state index contributed by atoms with van der Waals surface area (Å²) >= 11 is 0. The summed E-state index contributed by atoms with van der Waals surface area (Å²) in [7, 11) is 0. The highest BCUT2D eigenvalue weighted by Gasteiger charge is 2.04. The van der Waals surface area contributed by atoms with E-state index in [1.165, 1.54) is 0 Å². The van der Waals surface area contributed by atoms with Crippen molar-refractivity contribution in [2.75, 3.05) is 32.7 Å². The van der Waals surface area contributed by atoms with Gasteiger partial charge in [-0.15, -0.1) is 0 Å². The first-order valence-corrected chi connectivity index (χ1v) is 3.29. The molecule has 48 valence electrons. The molecule has 0 aromatic carbocycles. The van der Waals surface area contributed by atoms with Crippen LogP contribution in [0.15, 0.2) is 0 Å². The largest absolute Gasteiger partial charge is 0.314 e. The molecule has 1 rings (SSSR count). The van der Waals surface area contributed by atoms with Gasteiger partial charge >= 0.3 is 0 Å². The summed E-state index contributed by atoms with van der Waals surface area (Å²) in [6.07, 6.45) is 0. The van der Waals surface area contributed by atoms with E-state index < -0.39 is 0 Å². The Labute approximate surface area is 52.3 Å². The van der Waals surface area contributed by atoms with Crippen LogP contribution < -0.4 is 5.31 Å². The minimum atomic E-state index is 0.911. The molecule has 0 aromatic rings. The van der Waals surface area contributed by atoms with Gasteiger partial charge in [-0.05, 0) is 6.54 Å². The van der Waals surface area contributed by atoms with Crippen LogP contribution in [0.4, 0.5) is 0 Å². The lowest BCUT2D eigenvalue weighted by molar-refractivity contribution is 0.253. The van der Waals surface area contributed by atoms with Crippen molar-refractivity contribution in [3.63, 3.8) is 0 Å². The second-order valence-corrected chi connectivity index (χ2v) is 2.11. The molecule has 1 aliphatic heterocycles. The summed E-state index contributed by atoms with van der Waals surface area (Å²) in [5.74, 6) is 0. The molecule has 1 fully saturated rings. The maximum absolute atomic E-state index is 7.24.